The first-order valence-electron chi connectivity index (χ1n) is 10.6. The maximum Gasteiger partial charge on any atom is 0.315 e. The van der Waals surface area contributed by atoms with E-state index in [1.807, 2.05) is 20.8 Å². The van der Waals surface area contributed by atoms with Crippen molar-refractivity contribution in [2.24, 2.45) is 16.3 Å². The van der Waals surface area contributed by atoms with Gasteiger partial charge in [0.05, 0.1) is 13.2 Å². The minimum Gasteiger partial charge on any atom is -0.504 e. The molecule has 0 radical (unpaired) electrons. The molecule has 162 valence electrons. The molecule has 0 spiro atoms. The zero-order chi connectivity index (χ0) is 22.1. The van der Waals surface area contributed by atoms with Gasteiger partial charge in [-0.1, -0.05) is 26.8 Å². The van der Waals surface area contributed by atoms with E-state index in [0.717, 1.165) is 11.3 Å². The molecule has 30 heavy (non-hydrogen) atoms. The van der Waals surface area contributed by atoms with Crippen LogP contribution in [-0.4, -0.2) is 35.8 Å². The van der Waals surface area contributed by atoms with Gasteiger partial charge in [0.2, 0.25) is 0 Å². The Balaban J connectivity index is 2.15. The number of hydrogen-bond donors (Lipinski definition) is 1. The topological polar surface area (TPSA) is 85.2 Å². The summed E-state index contributed by atoms with van der Waals surface area (Å²) < 4.78 is 11.0. The van der Waals surface area contributed by atoms with Crippen molar-refractivity contribution in [1.82, 2.24) is 0 Å². The van der Waals surface area contributed by atoms with Gasteiger partial charge in [0.1, 0.15) is 5.92 Å². The average Bonchev–Trinajstić information content (AvgIpc) is 2.66. The number of benzene rings is 1. The van der Waals surface area contributed by atoms with E-state index in [1.54, 1.807) is 18.2 Å². The summed E-state index contributed by atoms with van der Waals surface area (Å²) in [5, 5.41) is 10.1. The molecule has 0 bridgehead atoms. The molecule has 2 atom stereocenters. The second-order valence-electron chi connectivity index (χ2n) is 8.84. The molecule has 1 aromatic rings. The van der Waals surface area contributed by atoms with E-state index in [9.17, 15) is 14.7 Å². The molecule has 1 aliphatic carbocycles. The zero-order valence-corrected chi connectivity index (χ0v) is 18.4. The second-order valence-corrected chi connectivity index (χ2v) is 8.84. The summed E-state index contributed by atoms with van der Waals surface area (Å²) in [4.78, 5) is 31.0. The van der Waals surface area contributed by atoms with Gasteiger partial charge in [0, 0.05) is 29.3 Å². The number of aromatic hydroxyl groups is 1. The van der Waals surface area contributed by atoms with Gasteiger partial charge in [-0.05, 0) is 49.8 Å². The van der Waals surface area contributed by atoms with Gasteiger partial charge in [-0.25, -0.2) is 0 Å². The van der Waals surface area contributed by atoms with Crippen molar-refractivity contribution < 1.29 is 24.2 Å². The number of phenols is 1. The third-order valence-corrected chi connectivity index (χ3v) is 5.65. The second kappa shape index (κ2) is 8.62. The number of esters is 1. The summed E-state index contributed by atoms with van der Waals surface area (Å²) >= 11 is 0. The third-order valence-electron chi connectivity index (χ3n) is 5.65. The van der Waals surface area contributed by atoms with Gasteiger partial charge >= 0.3 is 5.97 Å². The number of Topliss-reactive ketones (excluding diaryl/α,β-unsaturated/α-hetero) is 1. The Hall–Kier alpha value is -2.63. The highest BCUT2D eigenvalue weighted by Gasteiger charge is 2.46. The smallest absolute Gasteiger partial charge is 0.315 e. The fourth-order valence-corrected chi connectivity index (χ4v) is 4.40. The molecule has 0 saturated carbocycles. The number of phenolic OH excluding ortho intramolecular Hbond substituents is 1. The van der Waals surface area contributed by atoms with E-state index in [-0.39, 0.29) is 22.9 Å². The zero-order valence-electron chi connectivity index (χ0n) is 18.4. The van der Waals surface area contributed by atoms with Gasteiger partial charge in [0.15, 0.2) is 17.3 Å². The van der Waals surface area contributed by atoms with Crippen molar-refractivity contribution in [2.45, 2.75) is 59.8 Å². The van der Waals surface area contributed by atoms with Crippen LogP contribution in [0.4, 0.5) is 0 Å². The van der Waals surface area contributed by atoms with E-state index < -0.39 is 11.8 Å². The lowest BCUT2D eigenvalue weighted by Gasteiger charge is -2.39. The maximum atomic E-state index is 13.2. The summed E-state index contributed by atoms with van der Waals surface area (Å²) in [6.07, 6.45) is 1.80. The molecule has 1 heterocycles. The van der Waals surface area contributed by atoms with E-state index in [4.69, 9.17) is 14.5 Å². The molecule has 1 N–H and O–H groups in total. The average molecular weight is 414 g/mol. The van der Waals surface area contributed by atoms with Gasteiger partial charge in [-0.2, -0.15) is 0 Å². The van der Waals surface area contributed by atoms with Crippen LogP contribution in [0, 0.1) is 11.3 Å². The molecule has 1 aromatic carbocycles. The van der Waals surface area contributed by atoms with Crippen LogP contribution in [0.3, 0.4) is 0 Å². The van der Waals surface area contributed by atoms with Crippen LogP contribution >= 0.6 is 0 Å². The normalized spacial score (nSPS) is 23.0. The van der Waals surface area contributed by atoms with Crippen LogP contribution in [-0.2, 0) is 14.3 Å². The first kappa shape index (κ1) is 22.1. The number of carbonyl (C=O) groups excluding carboxylic acids is 2. The minimum absolute atomic E-state index is 0.0156. The Labute approximate surface area is 178 Å². The van der Waals surface area contributed by atoms with Crippen LogP contribution in [0.1, 0.15) is 65.4 Å². The fourth-order valence-electron chi connectivity index (χ4n) is 4.40. The van der Waals surface area contributed by atoms with E-state index in [0.29, 0.717) is 49.5 Å². The summed E-state index contributed by atoms with van der Waals surface area (Å²) in [5.74, 6) is -1.19. The summed E-state index contributed by atoms with van der Waals surface area (Å²) in [6, 6.07) is 5.02. The molecule has 1 aliphatic heterocycles. The Morgan fingerprint density at radius 3 is 2.67 bits per heavy atom. The standard InChI is InChI=1S/C24H31NO5/c1-6-10-30-23(28)20-14(3)25-16-12-24(4,5)13-18(27)22(16)21(20)15-8-9-17(26)19(11-15)29-7-2/h8-9,11,20-21,26H,6-7,10,12-13H2,1-5H3/t20?,21-/m0/s1. The van der Waals surface area contributed by atoms with Crippen molar-refractivity contribution in [3.05, 3.63) is 35.0 Å². The Morgan fingerprint density at radius 1 is 1.27 bits per heavy atom. The quantitative estimate of drug-likeness (QED) is 0.691. The number of nitrogens with zero attached hydrogens (tertiary/aromatic N) is 1. The van der Waals surface area contributed by atoms with Crippen molar-refractivity contribution in [1.29, 1.82) is 0 Å². The number of ether oxygens (including phenoxy) is 2. The lowest BCUT2D eigenvalue weighted by molar-refractivity contribution is -0.146. The van der Waals surface area contributed by atoms with Gasteiger partial charge < -0.3 is 14.6 Å². The van der Waals surface area contributed by atoms with Crippen molar-refractivity contribution in [2.75, 3.05) is 13.2 Å². The molecule has 0 amide bonds. The highest BCUT2D eigenvalue weighted by molar-refractivity contribution is 6.09. The molecular weight excluding hydrogens is 382 g/mol. The lowest BCUT2D eigenvalue weighted by Crippen LogP contribution is -2.39. The molecule has 6 nitrogen and oxygen atoms in total. The SMILES string of the molecule is CCCOC(=O)C1C(C)=NC2=C(C(=O)CC(C)(C)C2)[C@H]1c1ccc(O)c(OCC)c1. The van der Waals surface area contributed by atoms with Crippen LogP contribution in [0.15, 0.2) is 34.5 Å². The van der Waals surface area contributed by atoms with Crippen molar-refractivity contribution >= 4 is 17.5 Å². The summed E-state index contributed by atoms with van der Waals surface area (Å²) in [7, 11) is 0. The summed E-state index contributed by atoms with van der Waals surface area (Å²) in [6.45, 7) is 10.4. The first-order valence-corrected chi connectivity index (χ1v) is 10.6. The predicted molar refractivity (Wildman–Crippen MR) is 115 cm³/mol. The number of ketones is 1. The minimum atomic E-state index is -0.681. The Morgan fingerprint density at radius 2 is 2.00 bits per heavy atom. The van der Waals surface area contributed by atoms with Crippen LogP contribution < -0.4 is 4.74 Å². The molecule has 2 aliphatic rings. The van der Waals surface area contributed by atoms with E-state index in [1.165, 1.54) is 0 Å². The molecule has 1 unspecified atom stereocenters. The Kier molecular flexibility index (Phi) is 6.34. The van der Waals surface area contributed by atoms with Gasteiger partial charge in [0.25, 0.3) is 0 Å². The van der Waals surface area contributed by atoms with E-state index >= 15 is 0 Å². The monoisotopic (exact) mass is 413 g/mol. The van der Waals surface area contributed by atoms with Crippen molar-refractivity contribution in [3.63, 3.8) is 0 Å². The molecule has 6 heteroatoms. The first-order chi connectivity index (χ1) is 14.2. The highest BCUT2D eigenvalue weighted by atomic mass is 16.5. The Bertz CT molecular complexity index is 912. The maximum absolute atomic E-state index is 13.2. The number of aliphatic imine (C=N–C) groups is 1. The predicted octanol–water partition coefficient (Wildman–Crippen LogP) is 4.56. The van der Waals surface area contributed by atoms with Crippen LogP contribution in [0.5, 0.6) is 11.5 Å². The number of carbonyl (C=O) groups is 2. The van der Waals surface area contributed by atoms with Gasteiger partial charge in [-0.15, -0.1) is 0 Å². The lowest BCUT2D eigenvalue weighted by atomic mass is 9.67. The van der Waals surface area contributed by atoms with Crippen molar-refractivity contribution in [3.8, 4) is 11.5 Å². The van der Waals surface area contributed by atoms with Crippen LogP contribution in [0.2, 0.25) is 0 Å². The molecule has 0 saturated heterocycles. The highest BCUT2D eigenvalue weighted by Crippen LogP contribution is 2.48. The fraction of sp³-hybridized carbons (Fsp3) is 0.542. The molecule has 3 rings (SSSR count). The molecule has 0 fully saturated rings. The number of hydrogen-bond acceptors (Lipinski definition) is 6. The van der Waals surface area contributed by atoms with E-state index in [2.05, 4.69) is 13.8 Å². The number of rotatable bonds is 6. The summed E-state index contributed by atoms with van der Waals surface area (Å²) in [5.41, 5.74) is 2.56. The molecule has 0 aromatic heterocycles. The van der Waals surface area contributed by atoms with Gasteiger partial charge in [-0.3, -0.25) is 14.6 Å². The molecular formula is C24H31NO5. The number of allylic oxidation sites excluding steroid dienone is 2. The van der Waals surface area contributed by atoms with Crippen LogP contribution in [0.25, 0.3) is 0 Å². The third kappa shape index (κ3) is 4.27. The largest absolute Gasteiger partial charge is 0.504 e.